The molecule has 0 aliphatic carbocycles. The van der Waals surface area contributed by atoms with E-state index in [1.807, 2.05) is 44.2 Å². The number of ether oxygens (including phenoxy) is 1. The number of rotatable bonds is 8. The number of carbonyl (C=O) groups is 1. The molecule has 0 saturated heterocycles. The van der Waals surface area contributed by atoms with Gasteiger partial charge in [0.05, 0.1) is 18.8 Å². The molecule has 0 heterocycles. The fourth-order valence-electron chi connectivity index (χ4n) is 1.81. The van der Waals surface area contributed by atoms with Gasteiger partial charge >= 0.3 is 0 Å². The highest BCUT2D eigenvalue weighted by Gasteiger charge is 2.20. The topological polar surface area (TPSA) is 38.3 Å². The zero-order chi connectivity index (χ0) is 14.1. The molecule has 1 N–H and O–H groups in total. The van der Waals surface area contributed by atoms with E-state index in [1.165, 1.54) is 0 Å². The van der Waals surface area contributed by atoms with Crippen LogP contribution >= 0.6 is 0 Å². The summed E-state index contributed by atoms with van der Waals surface area (Å²) in [4.78, 5) is 11.7. The molecule has 0 atom stereocenters. The lowest BCUT2D eigenvalue weighted by Gasteiger charge is -2.26. The van der Waals surface area contributed by atoms with E-state index < -0.39 is 0 Å². The fraction of sp³-hybridized carbons (Fsp3) is 0.562. The lowest BCUT2D eigenvalue weighted by Crippen LogP contribution is -2.46. The van der Waals surface area contributed by atoms with Gasteiger partial charge in [0.15, 0.2) is 0 Å². The highest BCUT2D eigenvalue weighted by atomic mass is 16.5. The number of hydrogen-bond acceptors (Lipinski definition) is 2. The Hall–Kier alpha value is -1.35. The summed E-state index contributed by atoms with van der Waals surface area (Å²) in [6, 6.07) is 10.0. The van der Waals surface area contributed by atoms with Gasteiger partial charge in [-0.15, -0.1) is 0 Å². The van der Waals surface area contributed by atoms with Crippen LogP contribution in [-0.2, 0) is 16.1 Å². The van der Waals surface area contributed by atoms with E-state index in [1.54, 1.807) is 0 Å². The monoisotopic (exact) mass is 263 g/mol. The van der Waals surface area contributed by atoms with Gasteiger partial charge in [0.1, 0.15) is 0 Å². The first-order valence-corrected chi connectivity index (χ1v) is 6.96. The Morgan fingerprint density at radius 1 is 1.26 bits per heavy atom. The first kappa shape index (κ1) is 15.7. The molecule has 0 unspecified atom stereocenters. The molecule has 0 aliphatic heterocycles. The average Bonchev–Trinajstić information content (AvgIpc) is 2.37. The van der Waals surface area contributed by atoms with Crippen molar-refractivity contribution in [1.82, 2.24) is 5.32 Å². The van der Waals surface area contributed by atoms with Crippen molar-refractivity contribution in [1.29, 1.82) is 0 Å². The second-order valence-corrected chi connectivity index (χ2v) is 5.51. The molecule has 1 aromatic rings. The summed E-state index contributed by atoms with van der Waals surface area (Å²) in [5, 5.41) is 3.01. The van der Waals surface area contributed by atoms with Crippen molar-refractivity contribution >= 4 is 5.91 Å². The summed E-state index contributed by atoms with van der Waals surface area (Å²) in [5.41, 5.74) is 0.829. The van der Waals surface area contributed by atoms with Gasteiger partial charge in [-0.3, -0.25) is 4.79 Å². The van der Waals surface area contributed by atoms with Crippen molar-refractivity contribution < 1.29 is 9.53 Å². The van der Waals surface area contributed by atoms with Crippen LogP contribution in [0.4, 0.5) is 0 Å². The van der Waals surface area contributed by atoms with Crippen LogP contribution < -0.4 is 5.32 Å². The molecule has 0 aromatic heterocycles. The molecule has 3 nitrogen and oxygen atoms in total. The first-order valence-electron chi connectivity index (χ1n) is 6.96. The molecule has 0 aliphatic rings. The normalized spacial score (nSPS) is 11.3. The zero-order valence-corrected chi connectivity index (χ0v) is 12.2. The standard InChI is InChI=1S/C16H25NO2/c1-4-5-11-15(18)17-16(2,3)13-19-12-14-9-7-6-8-10-14/h6-10H,4-5,11-13H2,1-3H3,(H,17,18). The van der Waals surface area contributed by atoms with Crippen LogP contribution in [0, 0.1) is 0 Å². The number of amides is 1. The van der Waals surface area contributed by atoms with Crippen LogP contribution in [0.1, 0.15) is 45.6 Å². The van der Waals surface area contributed by atoms with Gasteiger partial charge in [-0.05, 0) is 25.8 Å². The Kier molecular flexibility index (Phi) is 6.57. The SMILES string of the molecule is CCCCC(=O)NC(C)(C)COCc1ccccc1. The van der Waals surface area contributed by atoms with E-state index in [9.17, 15) is 4.79 Å². The molecule has 1 amide bonds. The largest absolute Gasteiger partial charge is 0.374 e. The highest BCUT2D eigenvalue weighted by Crippen LogP contribution is 2.07. The Bertz CT molecular complexity index is 374. The Morgan fingerprint density at radius 3 is 2.58 bits per heavy atom. The molecule has 0 saturated carbocycles. The molecule has 1 rings (SSSR count). The van der Waals surface area contributed by atoms with Crippen molar-refractivity contribution in [3.63, 3.8) is 0 Å². The zero-order valence-electron chi connectivity index (χ0n) is 12.2. The van der Waals surface area contributed by atoms with Crippen molar-refractivity contribution in [2.45, 2.75) is 52.2 Å². The molecule has 1 aromatic carbocycles. The first-order chi connectivity index (χ1) is 9.03. The lowest BCUT2D eigenvalue weighted by atomic mass is 10.1. The second-order valence-electron chi connectivity index (χ2n) is 5.51. The predicted molar refractivity (Wildman–Crippen MR) is 77.8 cm³/mol. The summed E-state index contributed by atoms with van der Waals surface area (Å²) in [7, 11) is 0. The Labute approximate surface area is 116 Å². The molecule has 19 heavy (non-hydrogen) atoms. The number of carbonyl (C=O) groups excluding carboxylic acids is 1. The van der Waals surface area contributed by atoms with E-state index in [-0.39, 0.29) is 11.4 Å². The van der Waals surface area contributed by atoms with Gasteiger partial charge in [0, 0.05) is 6.42 Å². The van der Waals surface area contributed by atoms with Gasteiger partial charge in [0.25, 0.3) is 0 Å². The molecule has 0 radical (unpaired) electrons. The minimum atomic E-state index is -0.320. The molecule has 0 bridgehead atoms. The minimum absolute atomic E-state index is 0.107. The van der Waals surface area contributed by atoms with Gasteiger partial charge < -0.3 is 10.1 Å². The number of benzene rings is 1. The number of unbranched alkanes of at least 4 members (excludes halogenated alkanes) is 1. The smallest absolute Gasteiger partial charge is 0.220 e. The van der Waals surface area contributed by atoms with Crippen LogP contribution in [0.15, 0.2) is 30.3 Å². The third-order valence-corrected chi connectivity index (χ3v) is 2.81. The van der Waals surface area contributed by atoms with Crippen molar-refractivity contribution in [3.05, 3.63) is 35.9 Å². The quantitative estimate of drug-likeness (QED) is 0.781. The highest BCUT2D eigenvalue weighted by molar-refractivity contribution is 5.76. The molecule has 0 spiro atoms. The van der Waals surface area contributed by atoms with Crippen LogP contribution in [0.5, 0.6) is 0 Å². The molecule has 106 valence electrons. The summed E-state index contributed by atoms with van der Waals surface area (Å²) in [6.45, 7) is 7.15. The number of nitrogens with one attached hydrogen (secondary N) is 1. The maximum atomic E-state index is 11.7. The Balaban J connectivity index is 2.28. The lowest BCUT2D eigenvalue weighted by molar-refractivity contribution is -0.123. The predicted octanol–water partition coefficient (Wildman–Crippen LogP) is 3.29. The fourth-order valence-corrected chi connectivity index (χ4v) is 1.81. The molecule has 0 fully saturated rings. The summed E-state index contributed by atoms with van der Waals surface area (Å²) >= 11 is 0. The van der Waals surface area contributed by atoms with Crippen LogP contribution in [-0.4, -0.2) is 18.1 Å². The number of hydrogen-bond donors (Lipinski definition) is 1. The van der Waals surface area contributed by atoms with Gasteiger partial charge in [0.2, 0.25) is 5.91 Å². The van der Waals surface area contributed by atoms with E-state index in [4.69, 9.17) is 4.74 Å². The second kappa shape index (κ2) is 7.95. The summed E-state index contributed by atoms with van der Waals surface area (Å²) in [5.74, 6) is 0.107. The minimum Gasteiger partial charge on any atom is -0.374 e. The van der Waals surface area contributed by atoms with Crippen molar-refractivity contribution in [2.24, 2.45) is 0 Å². The average molecular weight is 263 g/mol. The van der Waals surface area contributed by atoms with E-state index in [0.717, 1.165) is 18.4 Å². The maximum Gasteiger partial charge on any atom is 0.220 e. The van der Waals surface area contributed by atoms with Crippen molar-refractivity contribution in [2.75, 3.05) is 6.61 Å². The summed E-state index contributed by atoms with van der Waals surface area (Å²) in [6.07, 6.45) is 2.57. The maximum absolute atomic E-state index is 11.7. The summed E-state index contributed by atoms with van der Waals surface area (Å²) < 4.78 is 5.68. The van der Waals surface area contributed by atoms with E-state index in [0.29, 0.717) is 19.6 Å². The van der Waals surface area contributed by atoms with Gasteiger partial charge in [-0.2, -0.15) is 0 Å². The molecular weight excluding hydrogens is 238 g/mol. The van der Waals surface area contributed by atoms with E-state index in [2.05, 4.69) is 12.2 Å². The van der Waals surface area contributed by atoms with Gasteiger partial charge in [-0.25, -0.2) is 0 Å². The van der Waals surface area contributed by atoms with Crippen molar-refractivity contribution in [3.8, 4) is 0 Å². The van der Waals surface area contributed by atoms with Gasteiger partial charge in [-0.1, -0.05) is 43.7 Å². The van der Waals surface area contributed by atoms with Crippen LogP contribution in [0.2, 0.25) is 0 Å². The molecular formula is C16H25NO2. The van der Waals surface area contributed by atoms with Crippen LogP contribution in [0.3, 0.4) is 0 Å². The van der Waals surface area contributed by atoms with E-state index >= 15 is 0 Å². The van der Waals surface area contributed by atoms with Crippen LogP contribution in [0.25, 0.3) is 0 Å². The third-order valence-electron chi connectivity index (χ3n) is 2.81. The third kappa shape index (κ3) is 6.97. The molecule has 3 heteroatoms. The Morgan fingerprint density at radius 2 is 1.95 bits per heavy atom.